The van der Waals surface area contributed by atoms with Gasteiger partial charge in [0.15, 0.2) is 5.82 Å². The van der Waals surface area contributed by atoms with Gasteiger partial charge in [-0.25, -0.2) is 4.39 Å². The van der Waals surface area contributed by atoms with Gasteiger partial charge in [0.2, 0.25) is 5.91 Å². The predicted octanol–water partition coefficient (Wildman–Crippen LogP) is 5.16. The summed E-state index contributed by atoms with van der Waals surface area (Å²) in [7, 11) is 1.94. The molecule has 3 N–H and O–H groups in total. The Labute approximate surface area is 243 Å². The monoisotopic (exact) mass is 564 g/mol. The van der Waals surface area contributed by atoms with Crippen LogP contribution in [0.2, 0.25) is 0 Å². The van der Waals surface area contributed by atoms with E-state index in [2.05, 4.69) is 58.5 Å². The van der Waals surface area contributed by atoms with E-state index < -0.39 is 5.82 Å². The van der Waals surface area contributed by atoms with Crippen molar-refractivity contribution in [3.05, 3.63) is 65.9 Å². The zero-order chi connectivity index (χ0) is 29.4. The van der Waals surface area contributed by atoms with E-state index in [9.17, 15) is 9.18 Å². The first-order valence-corrected chi connectivity index (χ1v) is 14.7. The van der Waals surface area contributed by atoms with Crippen LogP contribution in [0, 0.1) is 5.82 Å². The SMILES string of the molecule is C=C1NN=C(c2ccc(F)c(NC(=O)CN(C)C(C)(C)CCCCCC)c2)C=C1Nc1ccn(CCN2CCC2)n1. The maximum absolute atomic E-state index is 14.7. The molecule has 0 unspecified atom stereocenters. The van der Waals surface area contributed by atoms with Gasteiger partial charge in [0.25, 0.3) is 0 Å². The average molecular weight is 565 g/mol. The summed E-state index contributed by atoms with van der Waals surface area (Å²) in [5.41, 5.74) is 5.48. The lowest BCUT2D eigenvalue weighted by Crippen LogP contribution is -2.45. The van der Waals surface area contributed by atoms with Gasteiger partial charge < -0.3 is 15.5 Å². The number of likely N-dealkylation sites (tertiary alicyclic amines) is 1. The van der Waals surface area contributed by atoms with Crippen LogP contribution < -0.4 is 16.1 Å². The van der Waals surface area contributed by atoms with Crippen molar-refractivity contribution in [2.75, 3.05) is 43.9 Å². The maximum Gasteiger partial charge on any atom is 0.238 e. The molecular formula is C31H45FN8O. The van der Waals surface area contributed by atoms with Gasteiger partial charge in [-0.1, -0.05) is 39.2 Å². The molecule has 0 spiro atoms. The molecule has 2 aliphatic heterocycles. The number of benzene rings is 1. The molecule has 0 atom stereocenters. The minimum Gasteiger partial charge on any atom is -0.337 e. The van der Waals surface area contributed by atoms with Gasteiger partial charge in [0.05, 0.1) is 35.9 Å². The van der Waals surface area contributed by atoms with Crippen molar-refractivity contribution >= 4 is 23.1 Å². The standard InChI is InChI=1S/C31H45FN8O/c1-6-7-8-9-14-31(3,4)38(5)22-30(41)34-28-20-24(11-12-25(28)32)27-21-26(23(2)35-36-27)33-29-13-17-40(37-29)19-18-39-15-10-16-39/h11-13,17,20-21,35H,2,6-10,14-16,18-19,22H2,1,3-5H3,(H,33,37)(H,34,41). The van der Waals surface area contributed by atoms with Gasteiger partial charge in [-0.3, -0.25) is 19.8 Å². The molecule has 1 aromatic carbocycles. The fraction of sp³-hybridized carbons (Fsp3) is 0.516. The third-order valence-corrected chi connectivity index (χ3v) is 8.01. The second-order valence-electron chi connectivity index (χ2n) is 11.7. The van der Waals surface area contributed by atoms with Crippen molar-refractivity contribution in [1.82, 2.24) is 25.0 Å². The van der Waals surface area contributed by atoms with E-state index in [1.165, 1.54) is 31.7 Å². The van der Waals surface area contributed by atoms with Gasteiger partial charge in [-0.2, -0.15) is 10.2 Å². The Morgan fingerprint density at radius 1 is 1.20 bits per heavy atom. The Hall–Kier alpha value is -3.50. The van der Waals surface area contributed by atoms with Gasteiger partial charge in [-0.15, -0.1) is 0 Å². The molecule has 0 saturated carbocycles. The van der Waals surface area contributed by atoms with Gasteiger partial charge in [-0.05, 0) is 71.1 Å². The number of allylic oxidation sites excluding steroid dienone is 1. The van der Waals surface area contributed by atoms with Crippen molar-refractivity contribution in [2.24, 2.45) is 5.10 Å². The first kappa shape index (κ1) is 30.5. The Bertz CT molecular complexity index is 1280. The Kier molecular flexibility index (Phi) is 10.3. The van der Waals surface area contributed by atoms with Crippen molar-refractivity contribution in [3.63, 3.8) is 0 Å². The van der Waals surface area contributed by atoms with E-state index in [4.69, 9.17) is 0 Å². The molecule has 1 fully saturated rings. The molecule has 3 heterocycles. The molecule has 41 heavy (non-hydrogen) atoms. The summed E-state index contributed by atoms with van der Waals surface area (Å²) in [6, 6.07) is 6.52. The predicted molar refractivity (Wildman–Crippen MR) is 164 cm³/mol. The zero-order valence-corrected chi connectivity index (χ0v) is 25.0. The van der Waals surface area contributed by atoms with E-state index in [0.717, 1.165) is 39.0 Å². The zero-order valence-electron chi connectivity index (χ0n) is 25.0. The third-order valence-electron chi connectivity index (χ3n) is 8.01. The molecule has 1 aromatic heterocycles. The fourth-order valence-electron chi connectivity index (χ4n) is 4.82. The number of likely N-dealkylation sites (N-methyl/N-ethyl adjacent to an activating group) is 1. The number of nitrogens with zero attached hydrogens (tertiary/aromatic N) is 5. The van der Waals surface area contributed by atoms with Gasteiger partial charge >= 0.3 is 0 Å². The first-order valence-electron chi connectivity index (χ1n) is 14.7. The number of nitrogens with one attached hydrogen (secondary N) is 3. The van der Waals surface area contributed by atoms with Crippen molar-refractivity contribution < 1.29 is 9.18 Å². The second-order valence-corrected chi connectivity index (χ2v) is 11.7. The van der Waals surface area contributed by atoms with Crippen molar-refractivity contribution in [3.8, 4) is 0 Å². The van der Waals surface area contributed by atoms with Crippen LogP contribution >= 0.6 is 0 Å². The highest BCUT2D eigenvalue weighted by Crippen LogP contribution is 2.23. The van der Waals surface area contributed by atoms with Crippen molar-refractivity contribution in [1.29, 1.82) is 0 Å². The topological polar surface area (TPSA) is 89.8 Å². The number of carbonyl (C=O) groups is 1. The molecule has 0 aliphatic carbocycles. The summed E-state index contributed by atoms with van der Waals surface area (Å²) < 4.78 is 16.7. The Morgan fingerprint density at radius 3 is 2.73 bits per heavy atom. The summed E-state index contributed by atoms with van der Waals surface area (Å²) >= 11 is 0. The van der Waals surface area contributed by atoms with E-state index in [0.29, 0.717) is 28.5 Å². The van der Waals surface area contributed by atoms with Crippen LogP contribution in [-0.2, 0) is 11.3 Å². The minimum absolute atomic E-state index is 0.123. The van der Waals surface area contributed by atoms with Crippen LogP contribution in [0.15, 0.2) is 59.6 Å². The summed E-state index contributed by atoms with van der Waals surface area (Å²) in [6.45, 7) is 14.8. The lowest BCUT2D eigenvalue weighted by molar-refractivity contribution is -0.118. The number of rotatable bonds is 15. The summed E-state index contributed by atoms with van der Waals surface area (Å²) in [4.78, 5) is 17.3. The largest absolute Gasteiger partial charge is 0.337 e. The van der Waals surface area contributed by atoms with Crippen LogP contribution in [0.1, 0.15) is 64.9 Å². The second kappa shape index (κ2) is 13.9. The molecule has 10 heteroatoms. The number of unbranched alkanes of at least 4 members (excludes halogenated alkanes) is 3. The number of anilines is 2. The molecule has 4 rings (SSSR count). The highest BCUT2D eigenvalue weighted by Gasteiger charge is 2.25. The summed E-state index contributed by atoms with van der Waals surface area (Å²) in [5, 5.41) is 15.1. The van der Waals surface area contributed by atoms with Gasteiger partial charge in [0, 0.05) is 29.9 Å². The van der Waals surface area contributed by atoms with E-state index in [1.807, 2.05) is 35.0 Å². The first-order chi connectivity index (χ1) is 19.6. The lowest BCUT2D eigenvalue weighted by Gasteiger charge is -2.35. The average Bonchev–Trinajstić information content (AvgIpc) is 3.35. The molecular weight excluding hydrogens is 519 g/mol. The fourth-order valence-corrected chi connectivity index (χ4v) is 4.82. The quantitative estimate of drug-likeness (QED) is 0.259. The van der Waals surface area contributed by atoms with Crippen LogP contribution in [0.25, 0.3) is 0 Å². The number of aromatic nitrogens is 2. The van der Waals surface area contributed by atoms with Gasteiger partial charge in [0.1, 0.15) is 5.82 Å². The number of amides is 1. The highest BCUT2D eigenvalue weighted by atomic mass is 19.1. The van der Waals surface area contributed by atoms with Crippen LogP contribution in [0.3, 0.4) is 0 Å². The minimum atomic E-state index is -0.497. The Morgan fingerprint density at radius 2 is 2.00 bits per heavy atom. The van der Waals surface area contributed by atoms with Crippen LogP contribution in [-0.4, -0.2) is 70.0 Å². The molecule has 222 valence electrons. The number of halogens is 1. The smallest absolute Gasteiger partial charge is 0.238 e. The van der Waals surface area contributed by atoms with Crippen LogP contribution in [0.5, 0.6) is 0 Å². The summed E-state index contributed by atoms with van der Waals surface area (Å²) in [5.74, 6) is -0.0539. The molecule has 1 amide bonds. The molecule has 9 nitrogen and oxygen atoms in total. The number of hydrazone groups is 1. The molecule has 0 bridgehead atoms. The number of hydrogen-bond acceptors (Lipinski definition) is 7. The van der Waals surface area contributed by atoms with E-state index in [1.54, 1.807) is 12.1 Å². The van der Waals surface area contributed by atoms with E-state index in [-0.39, 0.29) is 23.7 Å². The molecule has 2 aliphatic rings. The van der Waals surface area contributed by atoms with Crippen molar-refractivity contribution in [2.45, 2.75) is 71.4 Å². The lowest BCUT2D eigenvalue weighted by atomic mass is 9.94. The van der Waals surface area contributed by atoms with Crippen LogP contribution in [0.4, 0.5) is 15.9 Å². The third kappa shape index (κ3) is 8.50. The number of hydrogen-bond donors (Lipinski definition) is 3. The Balaban J connectivity index is 1.37. The highest BCUT2D eigenvalue weighted by molar-refractivity contribution is 6.11. The van der Waals surface area contributed by atoms with E-state index >= 15 is 0 Å². The summed E-state index contributed by atoms with van der Waals surface area (Å²) in [6.07, 6.45) is 10.8. The normalized spacial score (nSPS) is 15.7. The molecule has 2 aromatic rings. The molecule has 1 saturated heterocycles. The number of carbonyl (C=O) groups excluding carboxylic acids is 1. The maximum atomic E-state index is 14.7. The molecule has 0 radical (unpaired) electrons.